The van der Waals surface area contributed by atoms with E-state index in [1.165, 1.54) is 0 Å². The predicted octanol–water partition coefficient (Wildman–Crippen LogP) is 0.641. The van der Waals surface area contributed by atoms with Crippen LogP contribution in [0.4, 0.5) is 13.2 Å². The molecule has 1 saturated heterocycles. The van der Waals surface area contributed by atoms with Crippen LogP contribution in [0.1, 0.15) is 12.8 Å². The maximum Gasteiger partial charge on any atom is 0.471 e. The molecular weight excluding hydrogens is 243 g/mol. The molecule has 0 saturated carbocycles. The summed E-state index contributed by atoms with van der Waals surface area (Å²) in [7, 11) is 0. The van der Waals surface area contributed by atoms with Crippen molar-refractivity contribution in [3.8, 4) is 0 Å². The van der Waals surface area contributed by atoms with E-state index in [4.69, 9.17) is 9.84 Å². The van der Waals surface area contributed by atoms with Crippen molar-refractivity contribution in [2.45, 2.75) is 25.1 Å². The van der Waals surface area contributed by atoms with Crippen LogP contribution in [0.2, 0.25) is 0 Å². The normalized spacial score (nSPS) is 17.8. The van der Waals surface area contributed by atoms with Crippen molar-refractivity contribution in [2.75, 3.05) is 19.8 Å². The largest absolute Gasteiger partial charge is 0.480 e. The summed E-state index contributed by atoms with van der Waals surface area (Å²) >= 11 is 0. The van der Waals surface area contributed by atoms with Crippen LogP contribution < -0.4 is 0 Å². The number of nitrogens with zero attached hydrogens (tertiary/aromatic N) is 1. The first-order chi connectivity index (χ1) is 7.82. The second-order valence-electron chi connectivity index (χ2n) is 3.67. The highest BCUT2D eigenvalue weighted by Gasteiger charge is 2.45. The number of carbonyl (C=O) groups is 2. The third kappa shape index (κ3) is 3.88. The lowest BCUT2D eigenvalue weighted by molar-refractivity contribution is -0.190. The second kappa shape index (κ2) is 5.35. The first kappa shape index (κ1) is 13.8. The molecule has 8 heteroatoms. The molecule has 1 fully saturated rings. The number of amides is 1. The number of halogens is 3. The van der Waals surface area contributed by atoms with Crippen LogP contribution in [0.15, 0.2) is 0 Å². The number of aliphatic carboxylic acids is 1. The molecule has 0 atom stereocenters. The summed E-state index contributed by atoms with van der Waals surface area (Å²) in [6, 6.07) is -0.728. The van der Waals surface area contributed by atoms with Gasteiger partial charge in [0.1, 0.15) is 6.54 Å². The van der Waals surface area contributed by atoms with Crippen molar-refractivity contribution in [1.29, 1.82) is 0 Å². The Morgan fingerprint density at radius 3 is 2.24 bits per heavy atom. The molecule has 1 amide bonds. The van der Waals surface area contributed by atoms with E-state index in [2.05, 4.69) is 0 Å². The molecule has 1 heterocycles. The summed E-state index contributed by atoms with van der Waals surface area (Å²) in [5, 5.41) is 8.54. The minimum atomic E-state index is -5.05. The van der Waals surface area contributed by atoms with Crippen molar-refractivity contribution < 1.29 is 32.6 Å². The maximum atomic E-state index is 12.3. The highest BCUT2D eigenvalue weighted by Crippen LogP contribution is 2.23. The van der Waals surface area contributed by atoms with E-state index >= 15 is 0 Å². The molecule has 0 aromatic heterocycles. The highest BCUT2D eigenvalue weighted by atomic mass is 19.4. The zero-order chi connectivity index (χ0) is 13.1. The first-order valence-electron chi connectivity index (χ1n) is 4.99. The Labute approximate surface area is 95.1 Å². The molecule has 0 aromatic rings. The van der Waals surface area contributed by atoms with Gasteiger partial charge in [-0.2, -0.15) is 13.2 Å². The van der Waals surface area contributed by atoms with Crippen molar-refractivity contribution in [3.05, 3.63) is 0 Å². The van der Waals surface area contributed by atoms with Gasteiger partial charge in [0.25, 0.3) is 0 Å². The zero-order valence-electron chi connectivity index (χ0n) is 8.87. The van der Waals surface area contributed by atoms with Crippen LogP contribution in [0.25, 0.3) is 0 Å². The molecule has 0 radical (unpaired) electrons. The van der Waals surface area contributed by atoms with Crippen LogP contribution in [0.5, 0.6) is 0 Å². The standard InChI is InChI=1S/C9H12F3NO4/c10-9(11,12)8(16)13(5-7(14)15)6-1-3-17-4-2-6/h6H,1-5H2,(H,14,15). The fourth-order valence-electron chi connectivity index (χ4n) is 1.67. The monoisotopic (exact) mass is 255 g/mol. The molecular formula is C9H12F3NO4. The molecule has 0 bridgehead atoms. The van der Waals surface area contributed by atoms with Gasteiger partial charge in [0.15, 0.2) is 0 Å². The minimum absolute atomic E-state index is 0.217. The van der Waals surface area contributed by atoms with Gasteiger partial charge < -0.3 is 14.7 Å². The van der Waals surface area contributed by atoms with Crippen LogP contribution in [-0.4, -0.2) is 53.9 Å². The van der Waals surface area contributed by atoms with Crippen molar-refractivity contribution in [1.82, 2.24) is 4.90 Å². The van der Waals surface area contributed by atoms with Crippen LogP contribution >= 0.6 is 0 Å². The lowest BCUT2D eigenvalue weighted by Gasteiger charge is -2.33. The highest BCUT2D eigenvalue weighted by molar-refractivity contribution is 5.85. The Morgan fingerprint density at radius 2 is 1.82 bits per heavy atom. The van der Waals surface area contributed by atoms with Gasteiger partial charge in [0.2, 0.25) is 0 Å². The molecule has 5 nitrogen and oxygen atoms in total. The van der Waals surface area contributed by atoms with E-state index in [9.17, 15) is 22.8 Å². The third-order valence-electron chi connectivity index (χ3n) is 2.44. The van der Waals surface area contributed by atoms with Gasteiger partial charge in [0.05, 0.1) is 0 Å². The molecule has 1 aliphatic rings. The molecule has 1 rings (SSSR count). The summed E-state index contributed by atoms with van der Waals surface area (Å²) in [5.74, 6) is -3.57. The molecule has 98 valence electrons. The third-order valence-corrected chi connectivity index (χ3v) is 2.44. The molecule has 0 spiro atoms. The van der Waals surface area contributed by atoms with E-state index in [1.807, 2.05) is 0 Å². The molecule has 1 aliphatic heterocycles. The smallest absolute Gasteiger partial charge is 0.471 e. The summed E-state index contributed by atoms with van der Waals surface area (Å²) < 4.78 is 41.8. The maximum absolute atomic E-state index is 12.3. The fraction of sp³-hybridized carbons (Fsp3) is 0.778. The Hall–Kier alpha value is -1.31. The fourth-order valence-corrected chi connectivity index (χ4v) is 1.67. The van der Waals surface area contributed by atoms with Gasteiger partial charge in [0, 0.05) is 19.3 Å². The Morgan fingerprint density at radius 1 is 1.29 bits per heavy atom. The summed E-state index contributed by atoms with van der Waals surface area (Å²) in [5.41, 5.74) is 0. The molecule has 0 unspecified atom stereocenters. The number of carboxylic acid groups (broad SMARTS) is 1. The van der Waals surface area contributed by atoms with Crippen molar-refractivity contribution in [3.63, 3.8) is 0 Å². The van der Waals surface area contributed by atoms with Gasteiger partial charge >= 0.3 is 18.1 Å². The van der Waals surface area contributed by atoms with Crippen LogP contribution in [0.3, 0.4) is 0 Å². The Kier molecular flexibility index (Phi) is 4.33. The first-order valence-corrected chi connectivity index (χ1v) is 4.99. The number of carboxylic acids is 1. The van der Waals surface area contributed by atoms with Gasteiger partial charge in [-0.25, -0.2) is 0 Å². The molecule has 0 aromatic carbocycles. The van der Waals surface area contributed by atoms with Gasteiger partial charge in [-0.05, 0) is 12.8 Å². The van der Waals surface area contributed by atoms with E-state index in [0.29, 0.717) is 4.90 Å². The average Bonchev–Trinajstić information content (AvgIpc) is 2.24. The molecule has 0 aliphatic carbocycles. The summed E-state index contributed by atoms with van der Waals surface area (Å²) in [6.45, 7) is -0.485. The van der Waals surface area contributed by atoms with Crippen molar-refractivity contribution >= 4 is 11.9 Å². The van der Waals surface area contributed by atoms with E-state index < -0.39 is 30.6 Å². The van der Waals surface area contributed by atoms with E-state index in [0.717, 1.165) is 0 Å². The topological polar surface area (TPSA) is 66.8 Å². The quantitative estimate of drug-likeness (QED) is 0.803. The Balaban J connectivity index is 2.78. The number of alkyl halides is 3. The second-order valence-corrected chi connectivity index (χ2v) is 3.67. The zero-order valence-corrected chi connectivity index (χ0v) is 8.87. The number of ether oxygens (including phenoxy) is 1. The van der Waals surface area contributed by atoms with Gasteiger partial charge in [-0.3, -0.25) is 9.59 Å². The van der Waals surface area contributed by atoms with E-state index in [-0.39, 0.29) is 26.1 Å². The SMILES string of the molecule is O=C(O)CN(C(=O)C(F)(F)F)C1CCOCC1. The van der Waals surface area contributed by atoms with Gasteiger partial charge in [-0.1, -0.05) is 0 Å². The number of hydrogen-bond donors (Lipinski definition) is 1. The minimum Gasteiger partial charge on any atom is -0.480 e. The average molecular weight is 255 g/mol. The Bertz CT molecular complexity index is 299. The predicted molar refractivity (Wildman–Crippen MR) is 49.2 cm³/mol. The summed E-state index contributed by atoms with van der Waals surface area (Å²) in [4.78, 5) is 22.0. The molecule has 1 N–H and O–H groups in total. The number of rotatable bonds is 3. The lowest BCUT2D eigenvalue weighted by atomic mass is 10.1. The van der Waals surface area contributed by atoms with Gasteiger partial charge in [-0.15, -0.1) is 0 Å². The van der Waals surface area contributed by atoms with Crippen molar-refractivity contribution in [2.24, 2.45) is 0 Å². The number of carbonyl (C=O) groups excluding carboxylic acids is 1. The van der Waals surface area contributed by atoms with Crippen LogP contribution in [0, 0.1) is 0 Å². The van der Waals surface area contributed by atoms with E-state index in [1.54, 1.807) is 0 Å². The number of hydrogen-bond acceptors (Lipinski definition) is 3. The summed E-state index contributed by atoms with van der Waals surface area (Å²) in [6.07, 6.45) is -4.61. The molecule has 17 heavy (non-hydrogen) atoms. The lowest BCUT2D eigenvalue weighted by Crippen LogP contribution is -2.51. The van der Waals surface area contributed by atoms with Crippen LogP contribution in [-0.2, 0) is 14.3 Å².